The summed E-state index contributed by atoms with van der Waals surface area (Å²) in [5.74, 6) is -0.0781. The van der Waals surface area contributed by atoms with Gasteiger partial charge in [-0.3, -0.25) is 4.79 Å². The first-order valence-corrected chi connectivity index (χ1v) is 7.97. The van der Waals surface area contributed by atoms with Gasteiger partial charge >= 0.3 is 0 Å². The molecule has 0 aliphatic rings. The van der Waals surface area contributed by atoms with E-state index >= 15 is 0 Å². The van der Waals surface area contributed by atoms with E-state index < -0.39 is 0 Å². The maximum atomic E-state index is 12.3. The second-order valence-corrected chi connectivity index (χ2v) is 5.53. The van der Waals surface area contributed by atoms with Crippen molar-refractivity contribution in [1.29, 1.82) is 0 Å². The minimum absolute atomic E-state index is 0.0355. The number of hydrogen-bond acceptors (Lipinski definition) is 3. The Balaban J connectivity index is 2.09. The zero-order valence-electron chi connectivity index (χ0n) is 13.5. The molecule has 4 nitrogen and oxygen atoms in total. The highest BCUT2D eigenvalue weighted by Crippen LogP contribution is 2.16. The average molecular weight is 312 g/mol. The summed E-state index contributed by atoms with van der Waals surface area (Å²) in [4.78, 5) is 14.3. The van der Waals surface area contributed by atoms with E-state index in [2.05, 4.69) is 17.4 Å². The van der Waals surface area contributed by atoms with Crippen molar-refractivity contribution in [1.82, 2.24) is 5.32 Å². The minimum atomic E-state index is -0.183. The third-order valence-electron chi connectivity index (χ3n) is 3.75. The molecule has 0 heterocycles. The lowest BCUT2D eigenvalue weighted by Crippen LogP contribution is -2.43. The molecule has 0 fully saturated rings. The Morgan fingerprint density at radius 3 is 2.26 bits per heavy atom. The van der Waals surface area contributed by atoms with Crippen molar-refractivity contribution in [3.05, 3.63) is 66.2 Å². The summed E-state index contributed by atoms with van der Waals surface area (Å²) < 4.78 is 0. The fourth-order valence-electron chi connectivity index (χ4n) is 2.40. The van der Waals surface area contributed by atoms with Crippen LogP contribution in [0.15, 0.2) is 60.7 Å². The zero-order valence-corrected chi connectivity index (χ0v) is 13.5. The molecule has 0 bridgehead atoms. The molecule has 0 spiro atoms. The number of para-hydroxylation sites is 1. The van der Waals surface area contributed by atoms with Crippen LogP contribution in [0, 0.1) is 0 Å². The summed E-state index contributed by atoms with van der Waals surface area (Å²) in [6.07, 6.45) is 0.715. The molecule has 4 heteroatoms. The van der Waals surface area contributed by atoms with Gasteiger partial charge in [-0.25, -0.2) is 0 Å². The van der Waals surface area contributed by atoms with E-state index in [1.807, 2.05) is 60.4 Å². The molecule has 2 aromatic carbocycles. The summed E-state index contributed by atoms with van der Waals surface area (Å²) in [6, 6.07) is 19.8. The summed E-state index contributed by atoms with van der Waals surface area (Å²) in [5.41, 5.74) is 2.15. The molecular formula is C19H24N2O2. The predicted octanol–water partition coefficient (Wildman–Crippen LogP) is 2.58. The number of aliphatic hydroxyl groups excluding tert-OH is 1. The number of nitrogens with one attached hydrogen (secondary N) is 1. The summed E-state index contributed by atoms with van der Waals surface area (Å²) in [7, 11) is 0. The Bertz CT molecular complexity index is 583. The first-order valence-electron chi connectivity index (χ1n) is 7.97. The van der Waals surface area contributed by atoms with Gasteiger partial charge < -0.3 is 15.3 Å². The van der Waals surface area contributed by atoms with Crippen LogP contribution >= 0.6 is 0 Å². The van der Waals surface area contributed by atoms with Gasteiger partial charge in [-0.2, -0.15) is 0 Å². The first-order chi connectivity index (χ1) is 11.2. The smallest absolute Gasteiger partial charge is 0.239 e. The highest BCUT2D eigenvalue weighted by Gasteiger charge is 2.14. The van der Waals surface area contributed by atoms with E-state index in [9.17, 15) is 9.90 Å². The average Bonchev–Trinajstić information content (AvgIpc) is 2.60. The number of carbonyl (C=O) groups excluding carboxylic acids is 1. The SMILES string of the molecule is CCC(CO)NC(=O)CN(Cc1ccccc1)c1ccccc1. The number of benzene rings is 2. The van der Waals surface area contributed by atoms with E-state index in [4.69, 9.17) is 0 Å². The standard InChI is InChI=1S/C19H24N2O2/c1-2-17(15-22)20-19(23)14-21(18-11-7-4-8-12-18)13-16-9-5-3-6-10-16/h3-12,17,22H,2,13-15H2,1H3,(H,20,23). The van der Waals surface area contributed by atoms with Crippen molar-refractivity contribution in [3.8, 4) is 0 Å². The lowest BCUT2D eigenvalue weighted by Gasteiger charge is -2.25. The molecule has 0 aromatic heterocycles. The van der Waals surface area contributed by atoms with Crippen molar-refractivity contribution in [2.24, 2.45) is 0 Å². The topological polar surface area (TPSA) is 52.6 Å². The summed E-state index contributed by atoms with van der Waals surface area (Å²) in [6.45, 7) is 2.83. The summed E-state index contributed by atoms with van der Waals surface area (Å²) in [5, 5.41) is 12.1. The molecule has 0 saturated heterocycles. The molecule has 0 aliphatic carbocycles. The van der Waals surface area contributed by atoms with Crippen LogP contribution in [0.1, 0.15) is 18.9 Å². The van der Waals surface area contributed by atoms with Crippen molar-refractivity contribution in [3.63, 3.8) is 0 Å². The van der Waals surface area contributed by atoms with Gasteiger partial charge in [0.25, 0.3) is 0 Å². The lowest BCUT2D eigenvalue weighted by atomic mass is 10.2. The van der Waals surface area contributed by atoms with Crippen LogP contribution in [0.2, 0.25) is 0 Å². The Kier molecular flexibility index (Phi) is 6.63. The van der Waals surface area contributed by atoms with Crippen LogP contribution < -0.4 is 10.2 Å². The van der Waals surface area contributed by atoms with Crippen LogP contribution in [0.25, 0.3) is 0 Å². The number of hydrogen-bond donors (Lipinski definition) is 2. The molecule has 2 N–H and O–H groups in total. The monoisotopic (exact) mass is 312 g/mol. The molecule has 1 amide bonds. The molecule has 122 valence electrons. The van der Waals surface area contributed by atoms with Crippen LogP contribution in [-0.4, -0.2) is 30.2 Å². The number of anilines is 1. The van der Waals surface area contributed by atoms with Gasteiger partial charge in [0.2, 0.25) is 5.91 Å². The van der Waals surface area contributed by atoms with Crippen molar-refractivity contribution >= 4 is 11.6 Å². The van der Waals surface area contributed by atoms with Crippen LogP contribution in [0.5, 0.6) is 0 Å². The van der Waals surface area contributed by atoms with Gasteiger partial charge in [0.05, 0.1) is 19.2 Å². The van der Waals surface area contributed by atoms with E-state index in [1.165, 1.54) is 0 Å². The van der Waals surface area contributed by atoms with Crippen LogP contribution in [-0.2, 0) is 11.3 Å². The molecule has 23 heavy (non-hydrogen) atoms. The van der Waals surface area contributed by atoms with Gasteiger partial charge in [0, 0.05) is 12.2 Å². The lowest BCUT2D eigenvalue weighted by molar-refractivity contribution is -0.120. The molecule has 2 rings (SSSR count). The van der Waals surface area contributed by atoms with Gasteiger partial charge in [0.1, 0.15) is 0 Å². The van der Waals surface area contributed by atoms with Crippen LogP contribution in [0.3, 0.4) is 0 Å². The molecule has 1 atom stereocenters. The third-order valence-corrected chi connectivity index (χ3v) is 3.75. The van der Waals surface area contributed by atoms with Gasteiger partial charge in [-0.1, -0.05) is 55.5 Å². The second kappa shape index (κ2) is 8.96. The van der Waals surface area contributed by atoms with E-state index in [1.54, 1.807) is 0 Å². The number of amides is 1. The fourth-order valence-corrected chi connectivity index (χ4v) is 2.40. The fraction of sp³-hybridized carbons (Fsp3) is 0.316. The van der Waals surface area contributed by atoms with Gasteiger partial charge in [0.15, 0.2) is 0 Å². The molecule has 2 aromatic rings. The Hall–Kier alpha value is -2.33. The van der Waals surface area contributed by atoms with Crippen molar-refractivity contribution in [2.75, 3.05) is 18.1 Å². The zero-order chi connectivity index (χ0) is 16.5. The Morgan fingerprint density at radius 1 is 1.09 bits per heavy atom. The van der Waals surface area contributed by atoms with Crippen LogP contribution in [0.4, 0.5) is 5.69 Å². The molecular weight excluding hydrogens is 288 g/mol. The normalized spacial score (nSPS) is 11.7. The predicted molar refractivity (Wildman–Crippen MR) is 93.2 cm³/mol. The van der Waals surface area contributed by atoms with E-state index in [0.717, 1.165) is 11.3 Å². The maximum Gasteiger partial charge on any atom is 0.239 e. The second-order valence-electron chi connectivity index (χ2n) is 5.53. The molecule has 0 radical (unpaired) electrons. The van der Waals surface area contributed by atoms with Gasteiger partial charge in [-0.15, -0.1) is 0 Å². The number of aliphatic hydroxyl groups is 1. The highest BCUT2D eigenvalue weighted by atomic mass is 16.3. The van der Waals surface area contributed by atoms with Crippen molar-refractivity contribution < 1.29 is 9.90 Å². The number of rotatable bonds is 8. The maximum absolute atomic E-state index is 12.3. The van der Waals surface area contributed by atoms with Crippen molar-refractivity contribution in [2.45, 2.75) is 25.9 Å². The minimum Gasteiger partial charge on any atom is -0.394 e. The number of carbonyl (C=O) groups is 1. The van der Waals surface area contributed by atoms with Gasteiger partial charge in [-0.05, 0) is 24.1 Å². The molecule has 0 aliphatic heterocycles. The first kappa shape index (κ1) is 17.0. The largest absolute Gasteiger partial charge is 0.394 e. The van der Waals surface area contributed by atoms with E-state index in [0.29, 0.717) is 13.0 Å². The third kappa shape index (κ3) is 5.42. The molecule has 0 saturated carbocycles. The summed E-state index contributed by atoms with van der Waals surface area (Å²) >= 11 is 0. The Morgan fingerprint density at radius 2 is 1.70 bits per heavy atom. The molecule has 1 unspecified atom stereocenters. The quantitative estimate of drug-likeness (QED) is 0.788. The number of nitrogens with zero attached hydrogens (tertiary/aromatic N) is 1. The Labute approximate surface area is 137 Å². The highest BCUT2D eigenvalue weighted by molar-refractivity contribution is 5.81. The van der Waals surface area contributed by atoms with E-state index in [-0.39, 0.29) is 25.1 Å².